The maximum Gasteiger partial charge on any atom is 0.264 e. The van der Waals surface area contributed by atoms with E-state index in [4.69, 9.17) is 14.6 Å². The molecule has 0 radical (unpaired) electrons. The quantitative estimate of drug-likeness (QED) is 0.853. The molecule has 0 spiro atoms. The van der Waals surface area contributed by atoms with Gasteiger partial charge in [0.15, 0.2) is 11.5 Å². The second-order valence-electron chi connectivity index (χ2n) is 5.24. The zero-order valence-corrected chi connectivity index (χ0v) is 11.8. The Morgan fingerprint density at radius 2 is 2.10 bits per heavy atom. The third kappa shape index (κ3) is 3.42. The second kappa shape index (κ2) is 6.61. The SMILES string of the molecule is CC(C)C(CCO)NC(=O)C1COc2ccccc2O1. The zero-order chi connectivity index (χ0) is 14.5. The van der Waals surface area contributed by atoms with Gasteiger partial charge in [0.2, 0.25) is 6.10 Å². The molecule has 2 rings (SSSR count). The van der Waals surface area contributed by atoms with Gasteiger partial charge in [0.1, 0.15) is 6.61 Å². The molecule has 1 heterocycles. The van der Waals surface area contributed by atoms with Crippen LogP contribution in [0.2, 0.25) is 0 Å². The molecule has 0 aromatic heterocycles. The van der Waals surface area contributed by atoms with E-state index >= 15 is 0 Å². The highest BCUT2D eigenvalue weighted by atomic mass is 16.6. The summed E-state index contributed by atoms with van der Waals surface area (Å²) in [5, 5.41) is 11.9. The molecular formula is C15H21NO4. The van der Waals surface area contributed by atoms with Crippen LogP contribution in [-0.2, 0) is 4.79 Å². The molecule has 20 heavy (non-hydrogen) atoms. The third-order valence-electron chi connectivity index (χ3n) is 3.37. The van der Waals surface area contributed by atoms with Gasteiger partial charge in [-0.15, -0.1) is 0 Å². The Bertz CT molecular complexity index is 461. The van der Waals surface area contributed by atoms with E-state index in [0.29, 0.717) is 17.9 Å². The Morgan fingerprint density at radius 1 is 1.40 bits per heavy atom. The first kappa shape index (κ1) is 14.7. The average molecular weight is 279 g/mol. The van der Waals surface area contributed by atoms with Crippen molar-refractivity contribution in [2.75, 3.05) is 13.2 Å². The molecule has 1 aromatic rings. The molecule has 0 saturated carbocycles. The van der Waals surface area contributed by atoms with E-state index in [0.717, 1.165) is 0 Å². The lowest BCUT2D eigenvalue weighted by Crippen LogP contribution is -2.49. The van der Waals surface area contributed by atoms with Crippen LogP contribution in [0.4, 0.5) is 0 Å². The molecule has 2 N–H and O–H groups in total. The van der Waals surface area contributed by atoms with Crippen molar-refractivity contribution in [3.05, 3.63) is 24.3 Å². The van der Waals surface area contributed by atoms with Crippen LogP contribution >= 0.6 is 0 Å². The normalized spacial score (nSPS) is 18.7. The van der Waals surface area contributed by atoms with E-state index in [-0.39, 0.29) is 31.1 Å². The molecule has 1 amide bonds. The van der Waals surface area contributed by atoms with Crippen molar-refractivity contribution in [3.8, 4) is 11.5 Å². The minimum atomic E-state index is -0.648. The number of fused-ring (bicyclic) bond motifs is 1. The van der Waals surface area contributed by atoms with Gasteiger partial charge in [0.25, 0.3) is 5.91 Å². The number of nitrogens with one attached hydrogen (secondary N) is 1. The summed E-state index contributed by atoms with van der Waals surface area (Å²) in [7, 11) is 0. The predicted molar refractivity (Wildman–Crippen MR) is 74.8 cm³/mol. The molecule has 0 saturated heterocycles. The average Bonchev–Trinajstić information content (AvgIpc) is 2.46. The van der Waals surface area contributed by atoms with Gasteiger partial charge in [-0.3, -0.25) is 4.79 Å². The summed E-state index contributed by atoms with van der Waals surface area (Å²) in [6.45, 7) is 4.27. The molecule has 5 heteroatoms. The molecule has 2 atom stereocenters. The summed E-state index contributed by atoms with van der Waals surface area (Å²) < 4.78 is 11.2. The van der Waals surface area contributed by atoms with Crippen molar-refractivity contribution in [1.82, 2.24) is 5.32 Å². The minimum Gasteiger partial charge on any atom is -0.485 e. The van der Waals surface area contributed by atoms with Crippen LogP contribution < -0.4 is 14.8 Å². The number of aliphatic hydroxyl groups is 1. The van der Waals surface area contributed by atoms with Crippen LogP contribution in [0.3, 0.4) is 0 Å². The predicted octanol–water partition coefficient (Wildman–Crippen LogP) is 1.35. The molecule has 1 aliphatic rings. The number of carbonyl (C=O) groups excluding carboxylic acids is 1. The lowest BCUT2D eigenvalue weighted by molar-refractivity contribution is -0.131. The van der Waals surface area contributed by atoms with Gasteiger partial charge in [-0.05, 0) is 24.5 Å². The fraction of sp³-hybridized carbons (Fsp3) is 0.533. The van der Waals surface area contributed by atoms with Crippen LogP contribution in [0, 0.1) is 5.92 Å². The van der Waals surface area contributed by atoms with Crippen molar-refractivity contribution in [1.29, 1.82) is 0 Å². The van der Waals surface area contributed by atoms with Gasteiger partial charge >= 0.3 is 0 Å². The van der Waals surface area contributed by atoms with Crippen LogP contribution in [0.25, 0.3) is 0 Å². The molecule has 1 aromatic carbocycles. The van der Waals surface area contributed by atoms with Crippen molar-refractivity contribution in [2.24, 2.45) is 5.92 Å². The van der Waals surface area contributed by atoms with E-state index in [1.165, 1.54) is 0 Å². The number of amides is 1. The standard InChI is InChI=1S/C15H21NO4/c1-10(2)11(7-8-17)16-15(18)14-9-19-12-5-3-4-6-13(12)20-14/h3-6,10-11,14,17H,7-9H2,1-2H3,(H,16,18). The summed E-state index contributed by atoms with van der Waals surface area (Å²) in [6.07, 6.45) is -0.113. The Balaban J connectivity index is 1.97. The maximum atomic E-state index is 12.2. The highest BCUT2D eigenvalue weighted by Gasteiger charge is 2.29. The summed E-state index contributed by atoms with van der Waals surface area (Å²) >= 11 is 0. The molecule has 5 nitrogen and oxygen atoms in total. The minimum absolute atomic E-state index is 0.0496. The highest BCUT2D eigenvalue weighted by Crippen LogP contribution is 2.30. The molecule has 0 aliphatic carbocycles. The summed E-state index contributed by atoms with van der Waals surface area (Å²) in [5.41, 5.74) is 0. The number of rotatable bonds is 5. The highest BCUT2D eigenvalue weighted by molar-refractivity contribution is 5.82. The molecular weight excluding hydrogens is 258 g/mol. The van der Waals surface area contributed by atoms with Crippen LogP contribution in [0.5, 0.6) is 11.5 Å². The molecule has 110 valence electrons. The third-order valence-corrected chi connectivity index (χ3v) is 3.37. The molecule has 2 unspecified atom stereocenters. The lowest BCUT2D eigenvalue weighted by atomic mass is 10.0. The number of aliphatic hydroxyl groups excluding tert-OH is 1. The van der Waals surface area contributed by atoms with Crippen LogP contribution in [0.1, 0.15) is 20.3 Å². The number of benzene rings is 1. The number of hydrogen-bond donors (Lipinski definition) is 2. The van der Waals surface area contributed by atoms with Gasteiger partial charge < -0.3 is 19.9 Å². The topological polar surface area (TPSA) is 67.8 Å². The number of hydrogen-bond acceptors (Lipinski definition) is 4. The molecule has 0 fully saturated rings. The van der Waals surface area contributed by atoms with Gasteiger partial charge in [0.05, 0.1) is 0 Å². The van der Waals surface area contributed by atoms with Crippen LogP contribution in [0.15, 0.2) is 24.3 Å². The van der Waals surface area contributed by atoms with Gasteiger partial charge in [-0.2, -0.15) is 0 Å². The maximum absolute atomic E-state index is 12.2. The lowest BCUT2D eigenvalue weighted by Gasteiger charge is -2.28. The van der Waals surface area contributed by atoms with E-state index in [1.807, 2.05) is 32.0 Å². The summed E-state index contributed by atoms with van der Waals surface area (Å²) in [6, 6.07) is 7.23. The first-order chi connectivity index (χ1) is 9.61. The monoisotopic (exact) mass is 279 g/mol. The second-order valence-corrected chi connectivity index (χ2v) is 5.24. The first-order valence-electron chi connectivity index (χ1n) is 6.91. The van der Waals surface area contributed by atoms with Crippen molar-refractivity contribution >= 4 is 5.91 Å². The fourth-order valence-electron chi connectivity index (χ4n) is 2.14. The number of ether oxygens (including phenoxy) is 2. The summed E-state index contributed by atoms with van der Waals surface area (Å²) in [5.74, 6) is 1.30. The smallest absolute Gasteiger partial charge is 0.264 e. The Labute approximate surface area is 118 Å². The van der Waals surface area contributed by atoms with Crippen LogP contribution in [-0.4, -0.2) is 36.4 Å². The Kier molecular flexibility index (Phi) is 4.84. The van der Waals surface area contributed by atoms with E-state index < -0.39 is 6.10 Å². The summed E-state index contributed by atoms with van der Waals surface area (Å²) in [4.78, 5) is 12.2. The fourth-order valence-corrected chi connectivity index (χ4v) is 2.14. The number of para-hydroxylation sites is 2. The largest absolute Gasteiger partial charge is 0.485 e. The Morgan fingerprint density at radius 3 is 2.75 bits per heavy atom. The van der Waals surface area contributed by atoms with Gasteiger partial charge in [-0.1, -0.05) is 26.0 Å². The molecule has 1 aliphatic heterocycles. The van der Waals surface area contributed by atoms with E-state index in [1.54, 1.807) is 6.07 Å². The number of carbonyl (C=O) groups is 1. The molecule has 0 bridgehead atoms. The Hall–Kier alpha value is -1.75. The van der Waals surface area contributed by atoms with E-state index in [9.17, 15) is 4.79 Å². The van der Waals surface area contributed by atoms with E-state index in [2.05, 4.69) is 5.32 Å². The van der Waals surface area contributed by atoms with Crippen molar-refractivity contribution in [2.45, 2.75) is 32.4 Å². The van der Waals surface area contributed by atoms with Crippen molar-refractivity contribution in [3.63, 3.8) is 0 Å². The zero-order valence-electron chi connectivity index (χ0n) is 11.8. The van der Waals surface area contributed by atoms with Gasteiger partial charge in [-0.25, -0.2) is 0 Å². The van der Waals surface area contributed by atoms with Gasteiger partial charge in [0, 0.05) is 12.6 Å². The first-order valence-corrected chi connectivity index (χ1v) is 6.91. The van der Waals surface area contributed by atoms with Crippen molar-refractivity contribution < 1.29 is 19.4 Å².